The van der Waals surface area contributed by atoms with Gasteiger partial charge in [-0.05, 0) is 24.7 Å². The van der Waals surface area contributed by atoms with E-state index in [9.17, 15) is 0 Å². The van der Waals surface area contributed by atoms with Crippen molar-refractivity contribution in [3.05, 3.63) is 0 Å². The van der Waals surface area contributed by atoms with Crippen LogP contribution < -0.4 is 5.73 Å². The smallest absolute Gasteiger partial charge is 0.191 e. The molecule has 0 saturated heterocycles. The van der Waals surface area contributed by atoms with Gasteiger partial charge < -0.3 is 10.6 Å². The Morgan fingerprint density at radius 3 is 2.87 bits per heavy atom. The average molecular weight is 209 g/mol. The molecule has 0 radical (unpaired) electrons. The van der Waals surface area contributed by atoms with Gasteiger partial charge in [0.1, 0.15) is 0 Å². The van der Waals surface area contributed by atoms with Crippen LogP contribution in [0.4, 0.5) is 0 Å². The van der Waals surface area contributed by atoms with Gasteiger partial charge in [-0.1, -0.05) is 27.2 Å². The van der Waals surface area contributed by atoms with Crippen LogP contribution in [0.15, 0.2) is 4.99 Å². The van der Waals surface area contributed by atoms with Gasteiger partial charge in [-0.3, -0.25) is 4.99 Å². The monoisotopic (exact) mass is 209 g/mol. The van der Waals surface area contributed by atoms with Crippen molar-refractivity contribution in [3.8, 4) is 0 Å². The summed E-state index contributed by atoms with van der Waals surface area (Å²) in [5.74, 6) is 2.17. The van der Waals surface area contributed by atoms with Crippen LogP contribution >= 0.6 is 0 Å². The first-order chi connectivity index (χ1) is 7.06. The molecule has 0 aromatic carbocycles. The van der Waals surface area contributed by atoms with Crippen molar-refractivity contribution < 1.29 is 0 Å². The minimum absolute atomic E-state index is 0.272. The van der Waals surface area contributed by atoms with E-state index in [4.69, 9.17) is 5.73 Å². The highest BCUT2D eigenvalue weighted by Gasteiger charge is 2.48. The maximum atomic E-state index is 6.02. The summed E-state index contributed by atoms with van der Waals surface area (Å²) in [6.07, 6.45) is 3.93. The fourth-order valence-electron chi connectivity index (χ4n) is 3.12. The lowest BCUT2D eigenvalue weighted by Crippen LogP contribution is -2.54. The minimum Gasteiger partial charge on any atom is -0.370 e. The van der Waals surface area contributed by atoms with Crippen molar-refractivity contribution in [3.63, 3.8) is 0 Å². The van der Waals surface area contributed by atoms with Crippen molar-refractivity contribution in [1.82, 2.24) is 4.90 Å². The third kappa shape index (κ3) is 1.62. The second-order valence-electron chi connectivity index (χ2n) is 5.58. The summed E-state index contributed by atoms with van der Waals surface area (Å²) in [5, 5.41) is 0. The SMILES string of the molecule is CC(C)CN1C(N)=NCC12CCCC2C. The van der Waals surface area contributed by atoms with E-state index < -0.39 is 0 Å². The van der Waals surface area contributed by atoms with Crippen LogP contribution in [0.5, 0.6) is 0 Å². The molecule has 1 aliphatic heterocycles. The van der Waals surface area contributed by atoms with Gasteiger partial charge in [0.2, 0.25) is 0 Å². The molecule has 2 atom stereocenters. The Morgan fingerprint density at radius 1 is 1.60 bits per heavy atom. The number of nitrogens with zero attached hydrogens (tertiary/aromatic N) is 2. The Balaban J connectivity index is 2.19. The number of hydrogen-bond acceptors (Lipinski definition) is 3. The molecule has 1 saturated carbocycles. The molecule has 86 valence electrons. The molecule has 2 N–H and O–H groups in total. The highest BCUT2D eigenvalue weighted by atomic mass is 15.4. The summed E-state index contributed by atoms with van der Waals surface area (Å²) >= 11 is 0. The Kier molecular flexibility index (Phi) is 2.65. The zero-order valence-electron chi connectivity index (χ0n) is 10.2. The second-order valence-corrected chi connectivity index (χ2v) is 5.58. The molecule has 0 bridgehead atoms. The molecule has 3 nitrogen and oxygen atoms in total. The molecule has 1 aliphatic carbocycles. The van der Waals surface area contributed by atoms with Gasteiger partial charge in [0.05, 0.1) is 12.1 Å². The lowest BCUT2D eigenvalue weighted by Gasteiger charge is -2.40. The van der Waals surface area contributed by atoms with Crippen molar-refractivity contribution in [2.24, 2.45) is 22.6 Å². The third-order valence-corrected chi connectivity index (χ3v) is 4.04. The zero-order chi connectivity index (χ0) is 11.1. The summed E-state index contributed by atoms with van der Waals surface area (Å²) in [5.41, 5.74) is 6.29. The highest BCUT2D eigenvalue weighted by molar-refractivity contribution is 5.81. The predicted molar refractivity (Wildman–Crippen MR) is 63.8 cm³/mol. The van der Waals surface area contributed by atoms with Crippen LogP contribution in [-0.2, 0) is 0 Å². The molecule has 1 spiro atoms. The average Bonchev–Trinajstić information content (AvgIpc) is 2.66. The molecule has 0 aromatic heterocycles. The fourth-order valence-corrected chi connectivity index (χ4v) is 3.12. The number of rotatable bonds is 2. The molecule has 2 aliphatic rings. The topological polar surface area (TPSA) is 41.6 Å². The second kappa shape index (κ2) is 3.69. The van der Waals surface area contributed by atoms with Gasteiger partial charge in [-0.25, -0.2) is 0 Å². The predicted octanol–water partition coefficient (Wildman–Crippen LogP) is 1.83. The summed E-state index contributed by atoms with van der Waals surface area (Å²) in [7, 11) is 0. The quantitative estimate of drug-likeness (QED) is 0.754. The Bertz CT molecular complexity index is 272. The molecule has 3 heteroatoms. The number of nitrogens with two attached hydrogens (primary N) is 1. The van der Waals surface area contributed by atoms with Crippen molar-refractivity contribution in [2.45, 2.75) is 45.6 Å². The van der Waals surface area contributed by atoms with Crippen molar-refractivity contribution >= 4 is 5.96 Å². The first-order valence-electron chi connectivity index (χ1n) is 6.14. The molecule has 1 heterocycles. The fraction of sp³-hybridized carbons (Fsp3) is 0.917. The van der Waals surface area contributed by atoms with E-state index >= 15 is 0 Å². The first-order valence-corrected chi connectivity index (χ1v) is 6.14. The Labute approximate surface area is 92.7 Å². The largest absolute Gasteiger partial charge is 0.370 e. The van der Waals surface area contributed by atoms with Gasteiger partial charge in [-0.2, -0.15) is 0 Å². The van der Waals surface area contributed by atoms with Crippen molar-refractivity contribution in [1.29, 1.82) is 0 Å². The highest BCUT2D eigenvalue weighted by Crippen LogP contribution is 2.43. The molecular weight excluding hydrogens is 186 g/mol. The minimum atomic E-state index is 0.272. The van der Waals surface area contributed by atoms with Gasteiger partial charge in [0.25, 0.3) is 0 Å². The van der Waals surface area contributed by atoms with E-state index in [0.717, 1.165) is 25.0 Å². The summed E-state index contributed by atoms with van der Waals surface area (Å²) < 4.78 is 0. The maximum absolute atomic E-state index is 6.02. The van der Waals surface area contributed by atoms with Crippen LogP contribution in [0.25, 0.3) is 0 Å². The molecule has 0 aromatic rings. The molecule has 2 unspecified atom stereocenters. The van der Waals surface area contributed by atoms with E-state index in [2.05, 4.69) is 30.7 Å². The standard InChI is InChI=1S/C12H23N3/c1-9(2)7-15-11(13)14-8-12(15)6-4-5-10(12)3/h9-10H,4-8H2,1-3H3,(H2,13,14). The van der Waals surface area contributed by atoms with Gasteiger partial charge in [-0.15, -0.1) is 0 Å². The summed E-state index contributed by atoms with van der Waals surface area (Å²) in [6.45, 7) is 8.83. The van der Waals surface area contributed by atoms with E-state index in [1.165, 1.54) is 19.3 Å². The molecule has 0 amide bonds. The van der Waals surface area contributed by atoms with E-state index in [0.29, 0.717) is 5.92 Å². The Hall–Kier alpha value is -0.730. The van der Waals surface area contributed by atoms with Gasteiger partial charge >= 0.3 is 0 Å². The first kappa shape index (κ1) is 10.8. The summed E-state index contributed by atoms with van der Waals surface area (Å²) in [4.78, 5) is 6.86. The van der Waals surface area contributed by atoms with Crippen LogP contribution in [0.2, 0.25) is 0 Å². The molecule has 15 heavy (non-hydrogen) atoms. The lowest BCUT2D eigenvalue weighted by molar-refractivity contribution is 0.143. The lowest BCUT2D eigenvalue weighted by atomic mass is 9.87. The van der Waals surface area contributed by atoms with Crippen LogP contribution in [0, 0.1) is 11.8 Å². The molecule has 1 fully saturated rings. The van der Waals surface area contributed by atoms with E-state index in [1.807, 2.05) is 0 Å². The molecular formula is C12H23N3. The van der Waals surface area contributed by atoms with Crippen LogP contribution in [0.1, 0.15) is 40.0 Å². The summed E-state index contributed by atoms with van der Waals surface area (Å²) in [6, 6.07) is 0. The Morgan fingerprint density at radius 2 is 2.33 bits per heavy atom. The van der Waals surface area contributed by atoms with E-state index in [1.54, 1.807) is 0 Å². The number of hydrogen-bond donors (Lipinski definition) is 1. The third-order valence-electron chi connectivity index (χ3n) is 4.04. The van der Waals surface area contributed by atoms with Crippen molar-refractivity contribution in [2.75, 3.05) is 13.1 Å². The van der Waals surface area contributed by atoms with E-state index in [-0.39, 0.29) is 5.54 Å². The van der Waals surface area contributed by atoms with Crippen LogP contribution in [0.3, 0.4) is 0 Å². The van der Waals surface area contributed by atoms with Gasteiger partial charge in [0, 0.05) is 6.54 Å². The molecule has 2 rings (SSSR count). The normalized spacial score (nSPS) is 35.6. The maximum Gasteiger partial charge on any atom is 0.191 e. The number of guanidine groups is 1. The van der Waals surface area contributed by atoms with Gasteiger partial charge in [0.15, 0.2) is 5.96 Å². The zero-order valence-corrected chi connectivity index (χ0v) is 10.2. The number of aliphatic imine (C=N–C) groups is 1. The van der Waals surface area contributed by atoms with Crippen LogP contribution in [-0.4, -0.2) is 29.5 Å².